The Morgan fingerprint density at radius 2 is 1.88 bits per heavy atom. The Labute approximate surface area is 149 Å². The van der Waals surface area contributed by atoms with Crippen LogP contribution in [-0.2, 0) is 9.53 Å². The average Bonchev–Trinajstić information content (AvgIpc) is 2.52. The first-order chi connectivity index (χ1) is 12.1. The van der Waals surface area contributed by atoms with Crippen LogP contribution in [-0.4, -0.2) is 45.1 Å². The van der Waals surface area contributed by atoms with Crippen molar-refractivity contribution in [2.24, 2.45) is 0 Å². The van der Waals surface area contributed by atoms with E-state index in [-0.39, 0.29) is 52.5 Å². The zero-order chi connectivity index (χ0) is 19.3. The van der Waals surface area contributed by atoms with Crippen molar-refractivity contribution in [2.75, 3.05) is 0 Å². The van der Waals surface area contributed by atoms with Gasteiger partial charge in [-0.1, -0.05) is 13.8 Å². The summed E-state index contributed by atoms with van der Waals surface area (Å²) in [6.07, 6.45) is -1.83. The van der Waals surface area contributed by atoms with Crippen LogP contribution in [0.5, 0.6) is 11.5 Å². The monoisotopic (exact) mass is 360 g/mol. The fourth-order valence-corrected chi connectivity index (χ4v) is 3.69. The Hall–Kier alpha value is -2.67. The number of carboxylic acids is 1. The molecule has 2 unspecified atom stereocenters. The minimum absolute atomic E-state index is 0.0257. The molecule has 3 rings (SSSR count). The van der Waals surface area contributed by atoms with Crippen LogP contribution in [0.25, 0.3) is 0 Å². The molecule has 0 saturated heterocycles. The van der Waals surface area contributed by atoms with Gasteiger partial charge in [0.2, 0.25) is 0 Å². The predicted molar refractivity (Wildman–Crippen MR) is 90.8 cm³/mol. The topological polar surface area (TPSA) is 121 Å². The number of ether oxygens (including phenoxy) is 1. The van der Waals surface area contributed by atoms with E-state index in [0.717, 1.165) is 0 Å². The highest BCUT2D eigenvalue weighted by Gasteiger charge is 2.43. The van der Waals surface area contributed by atoms with Crippen LogP contribution in [0.4, 0.5) is 0 Å². The third kappa shape index (κ3) is 2.68. The molecule has 7 nitrogen and oxygen atoms in total. The lowest BCUT2D eigenvalue weighted by molar-refractivity contribution is -0.141. The molecule has 0 bridgehead atoms. The number of rotatable bonds is 3. The van der Waals surface area contributed by atoms with E-state index in [1.807, 2.05) is 0 Å². The predicted octanol–water partition coefficient (Wildman–Crippen LogP) is 2.55. The van der Waals surface area contributed by atoms with Crippen LogP contribution in [0.3, 0.4) is 0 Å². The Bertz CT molecular complexity index is 863. The normalized spacial score (nSPS) is 22.5. The van der Waals surface area contributed by atoms with Gasteiger partial charge in [0.1, 0.15) is 11.5 Å². The third-order valence-electron chi connectivity index (χ3n) is 4.87. The maximum atomic E-state index is 13.0. The number of carbonyl (C=O) groups is 3. The lowest BCUT2D eigenvalue weighted by Crippen LogP contribution is -2.38. The van der Waals surface area contributed by atoms with Gasteiger partial charge in [0, 0.05) is 23.1 Å². The second kappa shape index (κ2) is 6.25. The average molecular weight is 360 g/mol. The van der Waals surface area contributed by atoms with E-state index in [2.05, 4.69) is 0 Å². The number of fused-ring (bicyclic) bond motifs is 1. The first-order valence-corrected chi connectivity index (χ1v) is 8.41. The molecule has 1 aliphatic carbocycles. The van der Waals surface area contributed by atoms with Gasteiger partial charge >= 0.3 is 5.97 Å². The van der Waals surface area contributed by atoms with Crippen molar-refractivity contribution >= 4 is 17.5 Å². The van der Waals surface area contributed by atoms with Gasteiger partial charge in [-0.05, 0) is 18.9 Å². The van der Waals surface area contributed by atoms with Crippen LogP contribution < -0.4 is 0 Å². The molecular weight excluding hydrogens is 340 g/mol. The molecule has 2 aliphatic rings. The van der Waals surface area contributed by atoms with Gasteiger partial charge < -0.3 is 20.1 Å². The number of phenolic OH excluding ortho intramolecular Hbond substituents is 2. The minimum atomic E-state index is -1.07. The number of ketones is 2. The molecule has 138 valence electrons. The number of carboxylic acid groups (broad SMARTS) is 1. The van der Waals surface area contributed by atoms with Gasteiger partial charge in [0.25, 0.3) is 0 Å². The summed E-state index contributed by atoms with van der Waals surface area (Å²) in [5.41, 5.74) is 0.224. The van der Waals surface area contributed by atoms with Crippen LogP contribution in [0.1, 0.15) is 65.8 Å². The van der Waals surface area contributed by atoms with Crippen LogP contribution in [0.15, 0.2) is 17.2 Å². The SMILES string of the molecule is CC1OC(CC(=O)O)CC2=C1C(=O)c1c(O)c(C(C)C)cc(O)c1C2=O. The van der Waals surface area contributed by atoms with E-state index >= 15 is 0 Å². The Morgan fingerprint density at radius 1 is 1.23 bits per heavy atom. The Morgan fingerprint density at radius 3 is 2.46 bits per heavy atom. The zero-order valence-electron chi connectivity index (χ0n) is 14.7. The maximum Gasteiger partial charge on any atom is 0.305 e. The molecule has 0 spiro atoms. The van der Waals surface area contributed by atoms with E-state index in [4.69, 9.17) is 9.84 Å². The third-order valence-corrected chi connectivity index (χ3v) is 4.87. The van der Waals surface area contributed by atoms with Gasteiger partial charge in [0.05, 0.1) is 29.8 Å². The standard InChI is InChI=1S/C19H20O7/c1-7(2)10-6-12(20)15-16(17(10)23)19(25)14-8(3)26-9(5-13(21)22)4-11(14)18(15)24/h6-9,20,23H,4-5H2,1-3H3,(H,21,22). The minimum Gasteiger partial charge on any atom is -0.507 e. The molecule has 1 aliphatic heterocycles. The number of Topliss-reactive ketones (excluding diaryl/α,β-unsaturated/α-hetero) is 2. The van der Waals surface area contributed by atoms with Gasteiger partial charge in [-0.25, -0.2) is 0 Å². The summed E-state index contributed by atoms with van der Waals surface area (Å²) in [7, 11) is 0. The largest absolute Gasteiger partial charge is 0.507 e. The van der Waals surface area contributed by atoms with E-state index in [0.29, 0.717) is 5.56 Å². The molecule has 0 fully saturated rings. The molecule has 7 heteroatoms. The molecule has 26 heavy (non-hydrogen) atoms. The first kappa shape index (κ1) is 18.1. The van der Waals surface area contributed by atoms with Crippen LogP contribution in [0.2, 0.25) is 0 Å². The van der Waals surface area contributed by atoms with E-state index < -0.39 is 29.7 Å². The quantitative estimate of drug-likeness (QED) is 0.708. The van der Waals surface area contributed by atoms with Crippen molar-refractivity contribution in [1.82, 2.24) is 0 Å². The van der Waals surface area contributed by atoms with Crippen molar-refractivity contribution in [3.8, 4) is 11.5 Å². The highest BCUT2D eigenvalue weighted by Crippen LogP contribution is 2.45. The van der Waals surface area contributed by atoms with Gasteiger partial charge in [-0.15, -0.1) is 0 Å². The van der Waals surface area contributed by atoms with Crippen LogP contribution >= 0.6 is 0 Å². The Balaban J connectivity index is 2.16. The highest BCUT2D eigenvalue weighted by atomic mass is 16.5. The van der Waals surface area contributed by atoms with Gasteiger partial charge in [0.15, 0.2) is 11.6 Å². The summed E-state index contributed by atoms with van der Waals surface area (Å²) in [5, 5.41) is 29.8. The number of phenols is 2. The van der Waals surface area contributed by atoms with E-state index in [1.165, 1.54) is 6.07 Å². The molecule has 1 aromatic carbocycles. The zero-order valence-corrected chi connectivity index (χ0v) is 14.7. The lowest BCUT2D eigenvalue weighted by atomic mass is 9.76. The summed E-state index contributed by atoms with van der Waals surface area (Å²) in [4.78, 5) is 36.9. The van der Waals surface area contributed by atoms with Gasteiger partial charge in [-0.3, -0.25) is 14.4 Å². The molecule has 1 aromatic rings. The fraction of sp³-hybridized carbons (Fsp3) is 0.421. The molecular formula is C19H20O7. The van der Waals surface area contributed by atoms with E-state index in [1.54, 1.807) is 20.8 Å². The molecule has 3 N–H and O–H groups in total. The molecule has 1 heterocycles. The number of hydrogen-bond acceptors (Lipinski definition) is 6. The summed E-state index contributed by atoms with van der Waals surface area (Å²) < 4.78 is 5.59. The maximum absolute atomic E-state index is 13.0. The summed E-state index contributed by atoms with van der Waals surface area (Å²) >= 11 is 0. The number of aromatic hydroxyl groups is 2. The van der Waals surface area contributed by atoms with Gasteiger partial charge in [-0.2, -0.15) is 0 Å². The first-order valence-electron chi connectivity index (χ1n) is 8.41. The number of benzene rings is 1. The summed E-state index contributed by atoms with van der Waals surface area (Å²) in [6, 6.07) is 1.30. The van der Waals surface area contributed by atoms with E-state index in [9.17, 15) is 24.6 Å². The smallest absolute Gasteiger partial charge is 0.305 e. The van der Waals surface area contributed by atoms with Crippen molar-refractivity contribution in [3.05, 3.63) is 33.9 Å². The van der Waals surface area contributed by atoms with Crippen molar-refractivity contribution < 1.29 is 34.4 Å². The summed E-state index contributed by atoms with van der Waals surface area (Å²) in [5.74, 6) is -3.03. The number of carbonyl (C=O) groups excluding carboxylic acids is 2. The highest BCUT2D eigenvalue weighted by molar-refractivity contribution is 6.29. The molecule has 0 radical (unpaired) electrons. The van der Waals surface area contributed by atoms with Crippen LogP contribution in [0, 0.1) is 0 Å². The van der Waals surface area contributed by atoms with Crippen molar-refractivity contribution in [1.29, 1.82) is 0 Å². The fourth-order valence-electron chi connectivity index (χ4n) is 3.69. The van der Waals surface area contributed by atoms with Crippen molar-refractivity contribution in [3.63, 3.8) is 0 Å². The van der Waals surface area contributed by atoms with Crippen molar-refractivity contribution in [2.45, 2.75) is 51.7 Å². The molecule has 0 amide bonds. The number of hydrogen-bond donors (Lipinski definition) is 3. The second-order valence-corrected chi connectivity index (χ2v) is 6.99. The Kier molecular flexibility index (Phi) is 4.36. The second-order valence-electron chi connectivity index (χ2n) is 6.99. The lowest BCUT2D eigenvalue weighted by Gasteiger charge is -2.34. The molecule has 2 atom stereocenters. The summed E-state index contributed by atoms with van der Waals surface area (Å²) in [6.45, 7) is 5.16. The molecule has 0 aromatic heterocycles. The molecule has 0 saturated carbocycles. The number of aliphatic carboxylic acids is 1.